The molecule has 8 nitrogen and oxygen atoms in total. The Morgan fingerprint density at radius 2 is 1.78 bits per heavy atom. The Kier molecular flexibility index (Phi) is 6.84. The van der Waals surface area contributed by atoms with Crippen LogP contribution in [0.15, 0.2) is 41.6 Å². The molecule has 0 amide bonds. The van der Waals surface area contributed by atoms with Crippen molar-refractivity contribution in [3.05, 3.63) is 54.0 Å². The van der Waals surface area contributed by atoms with Crippen molar-refractivity contribution >= 4 is 27.2 Å². The Morgan fingerprint density at radius 1 is 1.03 bits per heavy atom. The molecule has 2 aliphatic heterocycles. The van der Waals surface area contributed by atoms with Crippen LogP contribution in [0.5, 0.6) is 0 Å². The Morgan fingerprint density at radius 3 is 2.46 bits per heavy atom. The summed E-state index contributed by atoms with van der Waals surface area (Å²) in [7, 11) is -1.66. The summed E-state index contributed by atoms with van der Waals surface area (Å²) in [6.07, 6.45) is 4.84. The summed E-state index contributed by atoms with van der Waals surface area (Å²) < 4.78 is 55.2. The van der Waals surface area contributed by atoms with E-state index in [4.69, 9.17) is 0 Å². The lowest BCUT2D eigenvalue weighted by atomic mass is 9.93. The molecule has 1 saturated heterocycles. The third kappa shape index (κ3) is 5.15. The summed E-state index contributed by atoms with van der Waals surface area (Å²) in [6, 6.07) is 6.30. The SMILES string of the molecule is CC(C)N1CCS(=O)(=O)c2c(F)cc(-c3nc(Nc4ccc(C5CCN(C)CC5)nc4)ncc3F)cc21. The van der Waals surface area contributed by atoms with Crippen LogP contribution in [0.2, 0.25) is 0 Å². The maximum absolute atomic E-state index is 15.1. The molecule has 0 unspecified atom stereocenters. The number of aromatic nitrogens is 3. The quantitative estimate of drug-likeness (QED) is 0.522. The van der Waals surface area contributed by atoms with Crippen molar-refractivity contribution in [1.82, 2.24) is 19.9 Å². The maximum atomic E-state index is 15.1. The van der Waals surface area contributed by atoms with Crippen LogP contribution < -0.4 is 10.2 Å². The topological polar surface area (TPSA) is 91.3 Å². The van der Waals surface area contributed by atoms with Crippen LogP contribution in [0.25, 0.3) is 11.3 Å². The molecular weight excluding hydrogens is 498 g/mol. The van der Waals surface area contributed by atoms with Gasteiger partial charge in [-0.25, -0.2) is 27.2 Å². The van der Waals surface area contributed by atoms with Crippen LogP contribution in [0.4, 0.5) is 26.1 Å². The van der Waals surface area contributed by atoms with Crippen molar-refractivity contribution in [2.45, 2.75) is 43.5 Å². The van der Waals surface area contributed by atoms with E-state index in [0.29, 0.717) is 11.6 Å². The molecule has 5 rings (SSSR count). The Hall–Kier alpha value is -3.18. The number of fused-ring (bicyclic) bond motifs is 1. The first kappa shape index (κ1) is 25.5. The number of likely N-dealkylation sites (tertiary alicyclic amines) is 1. The summed E-state index contributed by atoms with van der Waals surface area (Å²) in [5, 5.41) is 3.04. The molecular formula is C26H30F2N6O2S. The van der Waals surface area contributed by atoms with E-state index >= 15 is 4.39 Å². The Bertz CT molecular complexity index is 1410. The molecule has 0 saturated carbocycles. The van der Waals surface area contributed by atoms with Crippen LogP contribution in [0.3, 0.4) is 0 Å². The highest BCUT2D eigenvalue weighted by Crippen LogP contribution is 2.38. The van der Waals surface area contributed by atoms with Gasteiger partial charge in [0.15, 0.2) is 15.7 Å². The lowest BCUT2D eigenvalue weighted by Crippen LogP contribution is -2.40. The first-order valence-corrected chi connectivity index (χ1v) is 14.0. The van der Waals surface area contributed by atoms with Crippen LogP contribution >= 0.6 is 0 Å². The van der Waals surface area contributed by atoms with E-state index in [1.54, 1.807) is 11.1 Å². The highest BCUT2D eigenvalue weighted by atomic mass is 32.2. The van der Waals surface area contributed by atoms with E-state index in [-0.39, 0.29) is 46.1 Å². The lowest BCUT2D eigenvalue weighted by Gasteiger charge is -2.34. The fourth-order valence-electron chi connectivity index (χ4n) is 5.00. The second-order valence-corrected chi connectivity index (χ2v) is 12.0. The molecule has 0 radical (unpaired) electrons. The summed E-state index contributed by atoms with van der Waals surface area (Å²) in [6.45, 7) is 6.11. The maximum Gasteiger partial charge on any atom is 0.227 e. The molecule has 11 heteroatoms. The Labute approximate surface area is 215 Å². The largest absolute Gasteiger partial charge is 0.367 e. The zero-order valence-electron chi connectivity index (χ0n) is 21.1. The molecule has 3 aromatic rings. The number of halogens is 2. The van der Waals surface area contributed by atoms with E-state index in [9.17, 15) is 12.8 Å². The average molecular weight is 529 g/mol. The lowest BCUT2D eigenvalue weighted by molar-refractivity contribution is 0.253. The normalized spacial score (nSPS) is 18.2. The van der Waals surface area contributed by atoms with Crippen LogP contribution in [0, 0.1) is 11.6 Å². The summed E-state index contributed by atoms with van der Waals surface area (Å²) >= 11 is 0. The fourth-order valence-corrected chi connectivity index (χ4v) is 6.49. The minimum atomic E-state index is -3.78. The average Bonchev–Trinajstić information content (AvgIpc) is 2.85. The first-order valence-electron chi connectivity index (χ1n) is 12.4. The van der Waals surface area contributed by atoms with Crippen molar-refractivity contribution in [3.8, 4) is 11.3 Å². The smallest absolute Gasteiger partial charge is 0.227 e. The van der Waals surface area contributed by atoms with Gasteiger partial charge in [0.1, 0.15) is 16.4 Å². The Balaban J connectivity index is 1.43. The van der Waals surface area contributed by atoms with Crippen LogP contribution in [0.1, 0.15) is 38.3 Å². The second-order valence-electron chi connectivity index (χ2n) is 9.98. The molecule has 0 atom stereocenters. The zero-order valence-corrected chi connectivity index (χ0v) is 21.9. The van der Waals surface area contributed by atoms with E-state index < -0.39 is 21.5 Å². The number of pyridine rings is 1. The van der Waals surface area contributed by atoms with Crippen molar-refractivity contribution in [2.75, 3.05) is 42.7 Å². The number of nitrogens with one attached hydrogen (secondary N) is 1. The van der Waals surface area contributed by atoms with Gasteiger partial charge in [0, 0.05) is 29.8 Å². The van der Waals surface area contributed by atoms with Gasteiger partial charge < -0.3 is 15.1 Å². The van der Waals surface area contributed by atoms with E-state index in [1.165, 1.54) is 6.07 Å². The predicted octanol–water partition coefficient (Wildman–Crippen LogP) is 4.37. The van der Waals surface area contributed by atoms with Crippen LogP contribution in [-0.2, 0) is 9.84 Å². The van der Waals surface area contributed by atoms with Crippen molar-refractivity contribution < 1.29 is 17.2 Å². The first-order chi connectivity index (χ1) is 17.6. The van der Waals surface area contributed by atoms with Gasteiger partial charge in [-0.05, 0) is 71.1 Å². The number of piperidine rings is 1. The van der Waals surface area contributed by atoms with Gasteiger partial charge in [0.05, 0.1) is 29.5 Å². The molecule has 4 heterocycles. The number of nitrogens with zero attached hydrogens (tertiary/aromatic N) is 5. The van der Waals surface area contributed by atoms with Gasteiger partial charge in [-0.3, -0.25) is 4.98 Å². The van der Waals surface area contributed by atoms with Gasteiger partial charge in [0.2, 0.25) is 5.95 Å². The molecule has 1 N–H and O–H groups in total. The third-order valence-corrected chi connectivity index (χ3v) is 8.81. The standard InChI is InChI=1S/C26H30F2N6O2S/c1-16(2)34-10-11-37(35,36)25-20(27)12-18(13-23(25)34)24-21(28)15-30-26(32-24)31-19-4-5-22(29-14-19)17-6-8-33(3)9-7-17/h4-5,12-17H,6-11H2,1-3H3,(H,30,31,32). The summed E-state index contributed by atoms with van der Waals surface area (Å²) in [5.41, 5.74) is 1.91. The molecule has 2 aromatic heterocycles. The van der Waals surface area contributed by atoms with Gasteiger partial charge in [0.25, 0.3) is 0 Å². The van der Waals surface area contributed by atoms with Crippen LogP contribution in [-0.4, -0.2) is 66.7 Å². The van der Waals surface area contributed by atoms with Crippen molar-refractivity contribution in [3.63, 3.8) is 0 Å². The zero-order chi connectivity index (χ0) is 26.3. The van der Waals surface area contributed by atoms with Crippen molar-refractivity contribution in [1.29, 1.82) is 0 Å². The second kappa shape index (κ2) is 9.94. The third-order valence-electron chi connectivity index (χ3n) is 7.07. The molecule has 1 fully saturated rings. The van der Waals surface area contributed by atoms with Gasteiger partial charge in [-0.15, -0.1) is 0 Å². The molecule has 0 spiro atoms. The minimum Gasteiger partial charge on any atom is -0.367 e. The molecule has 0 bridgehead atoms. The monoisotopic (exact) mass is 528 g/mol. The number of hydrogen-bond donors (Lipinski definition) is 1. The summed E-state index contributed by atoms with van der Waals surface area (Å²) in [4.78, 5) is 16.7. The number of rotatable bonds is 5. The van der Waals surface area contributed by atoms with Gasteiger partial charge >= 0.3 is 0 Å². The van der Waals surface area contributed by atoms with E-state index in [1.807, 2.05) is 26.0 Å². The fraction of sp³-hybridized carbons (Fsp3) is 0.423. The van der Waals surface area contributed by atoms with E-state index in [2.05, 4.69) is 32.2 Å². The molecule has 37 heavy (non-hydrogen) atoms. The highest BCUT2D eigenvalue weighted by molar-refractivity contribution is 7.91. The molecule has 196 valence electrons. The number of anilines is 3. The summed E-state index contributed by atoms with van der Waals surface area (Å²) in [5.74, 6) is -1.28. The van der Waals surface area contributed by atoms with E-state index in [0.717, 1.165) is 43.9 Å². The van der Waals surface area contributed by atoms with Gasteiger partial charge in [-0.1, -0.05) is 0 Å². The highest BCUT2D eigenvalue weighted by Gasteiger charge is 2.33. The van der Waals surface area contributed by atoms with Crippen molar-refractivity contribution in [2.24, 2.45) is 0 Å². The minimum absolute atomic E-state index is 0.0682. The number of benzene rings is 1. The molecule has 2 aliphatic rings. The predicted molar refractivity (Wildman–Crippen MR) is 139 cm³/mol. The number of hydrogen-bond acceptors (Lipinski definition) is 8. The van der Waals surface area contributed by atoms with Gasteiger partial charge in [-0.2, -0.15) is 0 Å². The number of sulfone groups is 1. The molecule has 0 aliphatic carbocycles. The molecule has 1 aromatic carbocycles.